The fourth-order valence-corrected chi connectivity index (χ4v) is 2.17. The average molecular weight is 375 g/mol. The van der Waals surface area contributed by atoms with Crippen LogP contribution in [0, 0.1) is 10.1 Å². The van der Waals surface area contributed by atoms with Crippen molar-refractivity contribution in [3.8, 4) is 0 Å². The standard InChI is InChI=1S/C16H22N2O6.ClH/c1-4-17(5-2)10-11-24-16(20)14-12(15(19)23-6-3)8-7-9-13(14)18(21)22;/h7-9H,4-6,10-11H2,1-3H3;1H. The number of benzene rings is 1. The Hall–Kier alpha value is -2.19. The van der Waals surface area contributed by atoms with Crippen molar-refractivity contribution in [3.63, 3.8) is 0 Å². The highest BCUT2D eigenvalue weighted by atomic mass is 35.5. The Labute approximate surface area is 152 Å². The summed E-state index contributed by atoms with van der Waals surface area (Å²) in [6.45, 7) is 7.85. The molecule has 0 N–H and O–H groups in total. The Balaban J connectivity index is 0.00000576. The van der Waals surface area contributed by atoms with E-state index < -0.39 is 22.5 Å². The summed E-state index contributed by atoms with van der Waals surface area (Å²) in [6, 6.07) is 3.80. The molecule has 140 valence electrons. The summed E-state index contributed by atoms with van der Waals surface area (Å²) in [6.07, 6.45) is 0. The maximum Gasteiger partial charge on any atom is 0.346 e. The van der Waals surface area contributed by atoms with Crippen molar-refractivity contribution in [3.05, 3.63) is 39.4 Å². The second kappa shape index (κ2) is 11.4. The molecule has 1 rings (SSSR count). The summed E-state index contributed by atoms with van der Waals surface area (Å²) in [5.74, 6) is -1.70. The second-order valence-corrected chi connectivity index (χ2v) is 4.84. The SMILES string of the molecule is CCOC(=O)c1cccc([N+](=O)[O-])c1C(=O)OCCN(CC)CC.Cl. The van der Waals surface area contributed by atoms with Gasteiger partial charge in [0.2, 0.25) is 0 Å². The molecule has 0 atom stereocenters. The molecule has 0 saturated heterocycles. The van der Waals surface area contributed by atoms with E-state index in [4.69, 9.17) is 9.47 Å². The number of halogens is 1. The van der Waals surface area contributed by atoms with Crippen LogP contribution < -0.4 is 0 Å². The van der Waals surface area contributed by atoms with E-state index >= 15 is 0 Å². The Morgan fingerprint density at radius 3 is 2.28 bits per heavy atom. The van der Waals surface area contributed by atoms with Crippen molar-refractivity contribution in [1.29, 1.82) is 0 Å². The number of esters is 2. The number of ether oxygens (including phenoxy) is 2. The first-order valence-corrected chi connectivity index (χ1v) is 7.80. The number of hydrogen-bond acceptors (Lipinski definition) is 7. The number of nitro groups is 1. The number of nitro benzene ring substituents is 1. The van der Waals surface area contributed by atoms with Crippen LogP contribution in [0.5, 0.6) is 0 Å². The van der Waals surface area contributed by atoms with Gasteiger partial charge in [-0.05, 0) is 26.1 Å². The lowest BCUT2D eigenvalue weighted by atomic mass is 10.1. The molecule has 0 heterocycles. The van der Waals surface area contributed by atoms with E-state index in [1.165, 1.54) is 12.1 Å². The number of rotatable bonds is 9. The minimum absolute atomic E-state index is 0. The lowest BCUT2D eigenvalue weighted by molar-refractivity contribution is -0.385. The fraction of sp³-hybridized carbons (Fsp3) is 0.500. The van der Waals surface area contributed by atoms with Crippen molar-refractivity contribution in [2.45, 2.75) is 20.8 Å². The molecule has 0 fully saturated rings. The zero-order chi connectivity index (χ0) is 18.1. The van der Waals surface area contributed by atoms with Gasteiger partial charge in [-0.15, -0.1) is 12.4 Å². The molecule has 0 aliphatic rings. The molecular formula is C16H23ClN2O6. The zero-order valence-electron chi connectivity index (χ0n) is 14.5. The molecule has 0 aromatic heterocycles. The van der Waals surface area contributed by atoms with Crippen molar-refractivity contribution in [2.75, 3.05) is 32.8 Å². The molecule has 0 bridgehead atoms. The molecule has 0 aliphatic heterocycles. The van der Waals surface area contributed by atoms with Crippen LogP contribution in [0.4, 0.5) is 5.69 Å². The number of likely N-dealkylation sites (N-methyl/N-ethyl adjacent to an activating group) is 1. The molecule has 1 aromatic carbocycles. The molecule has 0 amide bonds. The van der Waals surface area contributed by atoms with Crippen molar-refractivity contribution >= 4 is 30.0 Å². The number of carbonyl (C=O) groups excluding carboxylic acids is 2. The van der Waals surface area contributed by atoms with E-state index in [2.05, 4.69) is 0 Å². The lowest BCUT2D eigenvalue weighted by Crippen LogP contribution is -2.28. The minimum Gasteiger partial charge on any atom is -0.462 e. The first-order valence-electron chi connectivity index (χ1n) is 7.80. The summed E-state index contributed by atoms with van der Waals surface area (Å²) < 4.78 is 9.98. The third-order valence-electron chi connectivity index (χ3n) is 3.47. The summed E-state index contributed by atoms with van der Waals surface area (Å²) >= 11 is 0. The van der Waals surface area contributed by atoms with Crippen LogP contribution in [-0.4, -0.2) is 54.6 Å². The normalized spacial score (nSPS) is 10.1. The van der Waals surface area contributed by atoms with Crippen LogP contribution in [0.25, 0.3) is 0 Å². The molecule has 0 saturated carbocycles. The van der Waals surface area contributed by atoms with E-state index in [0.717, 1.165) is 19.2 Å². The van der Waals surface area contributed by atoms with E-state index in [0.29, 0.717) is 6.54 Å². The van der Waals surface area contributed by atoms with Gasteiger partial charge in [0.25, 0.3) is 5.69 Å². The molecule has 0 radical (unpaired) electrons. The van der Waals surface area contributed by atoms with Crippen LogP contribution in [0.1, 0.15) is 41.5 Å². The first kappa shape index (κ1) is 22.8. The molecular weight excluding hydrogens is 352 g/mol. The fourth-order valence-electron chi connectivity index (χ4n) is 2.17. The minimum atomic E-state index is -0.905. The number of nitrogens with zero attached hydrogens (tertiary/aromatic N) is 2. The van der Waals surface area contributed by atoms with Crippen LogP contribution in [-0.2, 0) is 9.47 Å². The van der Waals surface area contributed by atoms with Crippen LogP contribution in [0.3, 0.4) is 0 Å². The number of carbonyl (C=O) groups is 2. The molecule has 0 aliphatic carbocycles. The molecule has 0 spiro atoms. The maximum atomic E-state index is 12.3. The zero-order valence-corrected chi connectivity index (χ0v) is 15.3. The van der Waals surface area contributed by atoms with E-state index in [1.807, 2.05) is 18.7 Å². The van der Waals surface area contributed by atoms with Gasteiger partial charge in [-0.25, -0.2) is 9.59 Å². The predicted molar refractivity (Wildman–Crippen MR) is 94.4 cm³/mol. The van der Waals surface area contributed by atoms with E-state index in [-0.39, 0.29) is 36.7 Å². The molecule has 0 unspecified atom stereocenters. The van der Waals surface area contributed by atoms with E-state index in [9.17, 15) is 19.7 Å². The van der Waals surface area contributed by atoms with Gasteiger partial charge >= 0.3 is 11.9 Å². The highest BCUT2D eigenvalue weighted by molar-refractivity contribution is 6.06. The average Bonchev–Trinajstić information content (AvgIpc) is 2.58. The van der Waals surface area contributed by atoms with Crippen LogP contribution in [0.15, 0.2) is 18.2 Å². The molecule has 1 aromatic rings. The summed E-state index contributed by atoms with van der Waals surface area (Å²) in [5.41, 5.74) is -1.02. The van der Waals surface area contributed by atoms with Gasteiger partial charge < -0.3 is 14.4 Å². The Morgan fingerprint density at radius 1 is 1.12 bits per heavy atom. The largest absolute Gasteiger partial charge is 0.462 e. The van der Waals surface area contributed by atoms with Gasteiger partial charge in [0, 0.05) is 12.6 Å². The molecule has 8 nitrogen and oxygen atoms in total. The Kier molecular flexibility index (Phi) is 10.4. The van der Waals surface area contributed by atoms with E-state index in [1.54, 1.807) is 6.92 Å². The summed E-state index contributed by atoms with van der Waals surface area (Å²) in [7, 11) is 0. The highest BCUT2D eigenvalue weighted by Gasteiger charge is 2.29. The van der Waals surface area contributed by atoms with Gasteiger partial charge in [0.05, 0.1) is 17.1 Å². The number of hydrogen-bond donors (Lipinski definition) is 0. The predicted octanol–water partition coefficient (Wildman–Crippen LogP) is 2.69. The summed E-state index contributed by atoms with van der Waals surface area (Å²) in [5, 5.41) is 11.2. The van der Waals surface area contributed by atoms with Gasteiger partial charge in [-0.3, -0.25) is 10.1 Å². The van der Waals surface area contributed by atoms with Gasteiger partial charge in [0.15, 0.2) is 5.56 Å². The Morgan fingerprint density at radius 2 is 1.76 bits per heavy atom. The van der Waals surface area contributed by atoms with Gasteiger partial charge in [-0.2, -0.15) is 0 Å². The Bertz CT molecular complexity index is 604. The van der Waals surface area contributed by atoms with Gasteiger partial charge in [-0.1, -0.05) is 19.9 Å². The second-order valence-electron chi connectivity index (χ2n) is 4.84. The first-order chi connectivity index (χ1) is 11.5. The van der Waals surface area contributed by atoms with Crippen LogP contribution >= 0.6 is 12.4 Å². The maximum absolute atomic E-state index is 12.3. The van der Waals surface area contributed by atoms with Crippen molar-refractivity contribution < 1.29 is 24.0 Å². The lowest BCUT2D eigenvalue weighted by Gasteiger charge is -2.17. The molecule has 25 heavy (non-hydrogen) atoms. The smallest absolute Gasteiger partial charge is 0.346 e. The van der Waals surface area contributed by atoms with Crippen molar-refractivity contribution in [1.82, 2.24) is 4.90 Å². The third-order valence-corrected chi connectivity index (χ3v) is 3.47. The third kappa shape index (κ3) is 6.32. The topological polar surface area (TPSA) is 99.0 Å². The monoisotopic (exact) mass is 374 g/mol. The van der Waals surface area contributed by atoms with Crippen LogP contribution in [0.2, 0.25) is 0 Å². The molecule has 9 heteroatoms. The van der Waals surface area contributed by atoms with Crippen molar-refractivity contribution in [2.24, 2.45) is 0 Å². The summed E-state index contributed by atoms with van der Waals surface area (Å²) in [4.78, 5) is 36.8. The van der Waals surface area contributed by atoms with Gasteiger partial charge in [0.1, 0.15) is 6.61 Å². The highest BCUT2D eigenvalue weighted by Crippen LogP contribution is 2.24. The quantitative estimate of drug-likeness (QED) is 0.372.